The van der Waals surface area contributed by atoms with Gasteiger partial charge in [-0.25, -0.2) is 4.98 Å². The van der Waals surface area contributed by atoms with Crippen LogP contribution in [0.4, 0.5) is 5.82 Å². The third-order valence-electron chi connectivity index (χ3n) is 4.52. The molecule has 4 heteroatoms. The van der Waals surface area contributed by atoms with E-state index < -0.39 is 0 Å². The van der Waals surface area contributed by atoms with Crippen LogP contribution in [0.25, 0.3) is 0 Å². The maximum Gasteiger partial charge on any atom is 0.129 e. The van der Waals surface area contributed by atoms with Crippen molar-refractivity contribution >= 4 is 5.82 Å². The van der Waals surface area contributed by atoms with E-state index in [1.165, 1.54) is 5.56 Å². The van der Waals surface area contributed by atoms with Crippen LogP contribution in [-0.2, 0) is 12.0 Å². The van der Waals surface area contributed by atoms with Crippen LogP contribution in [0.2, 0.25) is 0 Å². The highest BCUT2D eigenvalue weighted by molar-refractivity contribution is 5.45. The minimum atomic E-state index is 0.0437. The highest BCUT2D eigenvalue weighted by Gasteiger charge is 2.32. The Labute approximate surface area is 129 Å². The summed E-state index contributed by atoms with van der Waals surface area (Å²) in [6, 6.07) is 4.29. The lowest BCUT2D eigenvalue weighted by Crippen LogP contribution is -2.58. The van der Waals surface area contributed by atoms with Crippen molar-refractivity contribution in [1.29, 1.82) is 0 Å². The lowest BCUT2D eigenvalue weighted by atomic mass is 9.90. The van der Waals surface area contributed by atoms with Gasteiger partial charge in [0, 0.05) is 42.8 Å². The van der Waals surface area contributed by atoms with Gasteiger partial charge in [0.25, 0.3) is 0 Å². The van der Waals surface area contributed by atoms with Gasteiger partial charge in [0.1, 0.15) is 5.82 Å². The van der Waals surface area contributed by atoms with Crippen LogP contribution >= 0.6 is 0 Å². The molecule has 0 aromatic carbocycles. The molecule has 1 aliphatic heterocycles. The van der Waals surface area contributed by atoms with E-state index in [2.05, 4.69) is 63.6 Å². The molecule has 0 bridgehead atoms. The molecule has 1 aromatic heterocycles. The van der Waals surface area contributed by atoms with Gasteiger partial charge in [-0.3, -0.25) is 4.90 Å². The monoisotopic (exact) mass is 290 g/mol. The van der Waals surface area contributed by atoms with Gasteiger partial charge in [-0.05, 0) is 38.6 Å². The maximum atomic E-state index is 5.88. The third-order valence-corrected chi connectivity index (χ3v) is 4.52. The van der Waals surface area contributed by atoms with E-state index >= 15 is 0 Å². The van der Waals surface area contributed by atoms with Gasteiger partial charge in [-0.2, -0.15) is 0 Å². The number of anilines is 1. The molecule has 0 aliphatic carbocycles. The van der Waals surface area contributed by atoms with E-state index in [4.69, 9.17) is 10.7 Å². The second-order valence-electron chi connectivity index (χ2n) is 7.83. The third kappa shape index (κ3) is 3.55. The largest absolute Gasteiger partial charge is 0.353 e. The average molecular weight is 290 g/mol. The lowest BCUT2D eigenvalue weighted by molar-refractivity contribution is 0.138. The summed E-state index contributed by atoms with van der Waals surface area (Å²) in [6.45, 7) is 14.8. The molecule has 0 unspecified atom stereocenters. The molecule has 0 atom stereocenters. The fourth-order valence-corrected chi connectivity index (χ4v) is 2.67. The first-order chi connectivity index (χ1) is 9.63. The number of pyridine rings is 1. The topological polar surface area (TPSA) is 45.4 Å². The molecule has 0 spiro atoms. The quantitative estimate of drug-likeness (QED) is 0.908. The highest BCUT2D eigenvalue weighted by atomic mass is 15.3. The summed E-state index contributed by atoms with van der Waals surface area (Å²) in [5.74, 6) is 1.07. The van der Waals surface area contributed by atoms with Crippen LogP contribution in [0.15, 0.2) is 12.1 Å². The summed E-state index contributed by atoms with van der Waals surface area (Å²) in [5.41, 5.74) is 8.38. The van der Waals surface area contributed by atoms with Crippen molar-refractivity contribution in [2.45, 2.75) is 52.1 Å². The van der Waals surface area contributed by atoms with Crippen LogP contribution in [-0.4, -0.2) is 42.1 Å². The molecule has 1 aliphatic rings. The molecule has 118 valence electrons. The molecule has 2 N–H and O–H groups in total. The van der Waals surface area contributed by atoms with Crippen molar-refractivity contribution in [2.24, 2.45) is 5.73 Å². The van der Waals surface area contributed by atoms with Crippen molar-refractivity contribution in [3.63, 3.8) is 0 Å². The van der Waals surface area contributed by atoms with Crippen molar-refractivity contribution in [3.8, 4) is 0 Å². The number of nitrogens with zero attached hydrogens (tertiary/aromatic N) is 3. The van der Waals surface area contributed by atoms with Crippen LogP contribution in [0.1, 0.15) is 45.9 Å². The first-order valence-corrected chi connectivity index (χ1v) is 7.81. The molecule has 1 saturated heterocycles. The Kier molecular flexibility index (Phi) is 4.31. The van der Waals surface area contributed by atoms with Gasteiger partial charge >= 0.3 is 0 Å². The SMILES string of the molecule is CN1CCN(c2cc(CN)cc(C(C)(C)C)n2)CC1(C)C. The predicted molar refractivity (Wildman–Crippen MR) is 89.8 cm³/mol. The Morgan fingerprint density at radius 1 is 1.24 bits per heavy atom. The summed E-state index contributed by atoms with van der Waals surface area (Å²) in [6.07, 6.45) is 0. The lowest BCUT2D eigenvalue weighted by Gasteiger charge is -2.46. The smallest absolute Gasteiger partial charge is 0.129 e. The number of piperazine rings is 1. The number of hydrogen-bond acceptors (Lipinski definition) is 4. The standard InChI is InChI=1S/C17H30N4/c1-16(2,3)14-9-13(11-18)10-15(19-14)21-8-7-20(6)17(4,5)12-21/h9-10H,7-8,11-12,18H2,1-6H3. The summed E-state index contributed by atoms with van der Waals surface area (Å²) in [7, 11) is 2.20. The van der Waals surface area contributed by atoms with Gasteiger partial charge in [-0.1, -0.05) is 20.8 Å². The van der Waals surface area contributed by atoms with Crippen LogP contribution in [0.3, 0.4) is 0 Å². The molecule has 1 aromatic rings. The molecule has 2 heterocycles. The van der Waals surface area contributed by atoms with Crippen molar-refractivity contribution in [2.75, 3.05) is 31.6 Å². The number of aromatic nitrogens is 1. The normalized spacial score (nSPS) is 19.9. The fraction of sp³-hybridized carbons (Fsp3) is 0.706. The summed E-state index contributed by atoms with van der Waals surface area (Å²) in [4.78, 5) is 9.73. The van der Waals surface area contributed by atoms with Gasteiger partial charge < -0.3 is 10.6 Å². The molecular formula is C17H30N4. The molecule has 2 rings (SSSR count). The van der Waals surface area contributed by atoms with Gasteiger partial charge in [0.2, 0.25) is 0 Å². The second kappa shape index (κ2) is 5.58. The van der Waals surface area contributed by atoms with Crippen molar-refractivity contribution < 1.29 is 0 Å². The Morgan fingerprint density at radius 3 is 2.43 bits per heavy atom. The Hall–Kier alpha value is -1.13. The summed E-state index contributed by atoms with van der Waals surface area (Å²) < 4.78 is 0. The average Bonchev–Trinajstić information content (AvgIpc) is 2.40. The zero-order valence-corrected chi connectivity index (χ0v) is 14.4. The van der Waals surface area contributed by atoms with Crippen LogP contribution < -0.4 is 10.6 Å². The fourth-order valence-electron chi connectivity index (χ4n) is 2.67. The van der Waals surface area contributed by atoms with Crippen molar-refractivity contribution in [1.82, 2.24) is 9.88 Å². The van der Waals surface area contributed by atoms with E-state index in [1.54, 1.807) is 0 Å². The number of rotatable bonds is 2. The van der Waals surface area contributed by atoms with Gasteiger partial charge in [0.05, 0.1) is 0 Å². The zero-order valence-electron chi connectivity index (χ0n) is 14.4. The minimum Gasteiger partial charge on any atom is -0.353 e. The van der Waals surface area contributed by atoms with E-state index in [-0.39, 0.29) is 11.0 Å². The molecule has 4 nitrogen and oxygen atoms in total. The van der Waals surface area contributed by atoms with Gasteiger partial charge in [0.15, 0.2) is 0 Å². The maximum absolute atomic E-state index is 5.88. The van der Waals surface area contributed by atoms with Crippen LogP contribution in [0.5, 0.6) is 0 Å². The first-order valence-electron chi connectivity index (χ1n) is 7.81. The molecule has 0 amide bonds. The van der Waals surface area contributed by atoms with E-state index in [0.29, 0.717) is 6.54 Å². The van der Waals surface area contributed by atoms with Gasteiger partial charge in [-0.15, -0.1) is 0 Å². The van der Waals surface area contributed by atoms with E-state index in [0.717, 1.165) is 31.1 Å². The van der Waals surface area contributed by atoms with Crippen molar-refractivity contribution in [3.05, 3.63) is 23.4 Å². The minimum absolute atomic E-state index is 0.0437. The van der Waals surface area contributed by atoms with E-state index in [1.807, 2.05) is 0 Å². The second-order valence-corrected chi connectivity index (χ2v) is 7.83. The first kappa shape index (κ1) is 16.2. The van der Waals surface area contributed by atoms with Crippen LogP contribution in [0, 0.1) is 0 Å². The Balaban J connectivity index is 2.35. The molecular weight excluding hydrogens is 260 g/mol. The molecule has 21 heavy (non-hydrogen) atoms. The Morgan fingerprint density at radius 2 is 1.90 bits per heavy atom. The highest BCUT2D eigenvalue weighted by Crippen LogP contribution is 2.28. The number of likely N-dealkylation sites (N-methyl/N-ethyl adjacent to an activating group) is 1. The number of nitrogens with two attached hydrogens (primary N) is 1. The summed E-state index contributed by atoms with van der Waals surface area (Å²) in [5, 5.41) is 0. The molecule has 1 fully saturated rings. The number of hydrogen-bond donors (Lipinski definition) is 1. The zero-order chi connectivity index (χ0) is 15.8. The molecule has 0 radical (unpaired) electrons. The molecule has 0 saturated carbocycles. The predicted octanol–water partition coefficient (Wildman–Crippen LogP) is 2.37. The Bertz CT molecular complexity index is 502. The summed E-state index contributed by atoms with van der Waals surface area (Å²) >= 11 is 0. The van der Waals surface area contributed by atoms with E-state index in [9.17, 15) is 0 Å².